The first-order chi connectivity index (χ1) is 7.15. The molecule has 0 amide bonds. The van der Waals surface area contributed by atoms with E-state index in [4.69, 9.17) is 0 Å². The zero-order valence-corrected chi connectivity index (χ0v) is 10.5. The van der Waals surface area contributed by atoms with Crippen molar-refractivity contribution in [3.05, 3.63) is 40.9 Å². The van der Waals surface area contributed by atoms with Crippen molar-refractivity contribution in [2.45, 2.75) is 19.9 Å². The summed E-state index contributed by atoms with van der Waals surface area (Å²) < 4.78 is 1.12. The van der Waals surface area contributed by atoms with Crippen molar-refractivity contribution < 1.29 is 0 Å². The van der Waals surface area contributed by atoms with Crippen molar-refractivity contribution in [1.29, 1.82) is 0 Å². The molecule has 2 aromatic carbocycles. The lowest BCUT2D eigenvalue weighted by Gasteiger charge is -2.10. The van der Waals surface area contributed by atoms with Crippen LogP contribution in [0.5, 0.6) is 0 Å². The van der Waals surface area contributed by atoms with Crippen LogP contribution in [0.15, 0.2) is 40.9 Å². The van der Waals surface area contributed by atoms with Crippen LogP contribution >= 0.6 is 15.9 Å². The lowest BCUT2D eigenvalue weighted by atomic mass is 10.1. The van der Waals surface area contributed by atoms with Gasteiger partial charge in [-0.3, -0.25) is 0 Å². The Kier molecular flexibility index (Phi) is 2.96. The van der Waals surface area contributed by atoms with Gasteiger partial charge in [-0.25, -0.2) is 0 Å². The summed E-state index contributed by atoms with van der Waals surface area (Å²) in [5.41, 5.74) is 1.18. The highest BCUT2D eigenvalue weighted by Crippen LogP contribution is 2.23. The minimum absolute atomic E-state index is 0.470. The standard InChI is InChI=1S/C13H14BrN/c1-9(2)15-13-6-4-10-7-12(14)5-3-11(10)8-13/h3-9,15H,1-2H3. The van der Waals surface area contributed by atoms with Gasteiger partial charge in [0, 0.05) is 16.2 Å². The van der Waals surface area contributed by atoms with Gasteiger partial charge in [0.25, 0.3) is 0 Å². The number of benzene rings is 2. The maximum Gasteiger partial charge on any atom is 0.0348 e. The van der Waals surface area contributed by atoms with Crippen molar-refractivity contribution in [2.75, 3.05) is 5.32 Å². The molecule has 0 aliphatic carbocycles. The monoisotopic (exact) mass is 263 g/mol. The summed E-state index contributed by atoms with van der Waals surface area (Å²) >= 11 is 3.48. The fourth-order valence-electron chi connectivity index (χ4n) is 1.64. The Bertz CT molecular complexity index is 477. The molecule has 0 aromatic heterocycles. The van der Waals surface area contributed by atoms with Crippen molar-refractivity contribution in [1.82, 2.24) is 0 Å². The molecule has 0 heterocycles. The van der Waals surface area contributed by atoms with Gasteiger partial charge in [-0.1, -0.05) is 28.1 Å². The molecule has 0 fully saturated rings. The van der Waals surface area contributed by atoms with Crippen LogP contribution in [0.25, 0.3) is 10.8 Å². The van der Waals surface area contributed by atoms with Crippen LogP contribution in [-0.2, 0) is 0 Å². The van der Waals surface area contributed by atoms with Crippen LogP contribution in [0.2, 0.25) is 0 Å². The molecule has 0 spiro atoms. The Hall–Kier alpha value is -1.02. The third kappa shape index (κ3) is 2.51. The van der Waals surface area contributed by atoms with Crippen molar-refractivity contribution in [2.24, 2.45) is 0 Å². The number of hydrogen-bond acceptors (Lipinski definition) is 1. The van der Waals surface area contributed by atoms with Crippen molar-refractivity contribution in [3.8, 4) is 0 Å². The molecular weight excluding hydrogens is 250 g/mol. The highest BCUT2D eigenvalue weighted by Gasteiger charge is 1.98. The quantitative estimate of drug-likeness (QED) is 0.846. The topological polar surface area (TPSA) is 12.0 Å². The molecule has 0 radical (unpaired) electrons. The third-order valence-corrected chi connectivity index (χ3v) is 2.75. The minimum atomic E-state index is 0.470. The summed E-state index contributed by atoms with van der Waals surface area (Å²) in [4.78, 5) is 0. The van der Waals surface area contributed by atoms with Crippen LogP contribution in [0, 0.1) is 0 Å². The smallest absolute Gasteiger partial charge is 0.0348 e. The van der Waals surface area contributed by atoms with Gasteiger partial charge in [0.1, 0.15) is 0 Å². The first-order valence-electron chi connectivity index (χ1n) is 5.11. The van der Waals surface area contributed by atoms with Gasteiger partial charge in [-0.05, 0) is 48.9 Å². The zero-order valence-electron chi connectivity index (χ0n) is 8.92. The fraction of sp³-hybridized carbons (Fsp3) is 0.231. The fourth-order valence-corrected chi connectivity index (χ4v) is 2.02. The molecular formula is C13H14BrN. The van der Waals surface area contributed by atoms with Crippen LogP contribution in [0.4, 0.5) is 5.69 Å². The second kappa shape index (κ2) is 4.23. The van der Waals surface area contributed by atoms with E-state index in [-0.39, 0.29) is 0 Å². The molecule has 15 heavy (non-hydrogen) atoms. The highest BCUT2D eigenvalue weighted by molar-refractivity contribution is 9.10. The number of halogens is 1. The molecule has 0 aliphatic rings. The van der Waals surface area contributed by atoms with Crippen LogP contribution in [0.3, 0.4) is 0 Å². The second-order valence-corrected chi connectivity index (χ2v) is 4.92. The van der Waals surface area contributed by atoms with Gasteiger partial charge in [0.15, 0.2) is 0 Å². The first kappa shape index (κ1) is 10.5. The molecule has 0 unspecified atom stereocenters. The zero-order chi connectivity index (χ0) is 10.8. The summed E-state index contributed by atoms with van der Waals surface area (Å²) in [7, 11) is 0. The first-order valence-corrected chi connectivity index (χ1v) is 5.90. The average molecular weight is 264 g/mol. The van der Waals surface area contributed by atoms with E-state index in [1.165, 1.54) is 16.5 Å². The van der Waals surface area contributed by atoms with Gasteiger partial charge in [-0.15, -0.1) is 0 Å². The molecule has 0 saturated carbocycles. The molecule has 1 N–H and O–H groups in total. The number of rotatable bonds is 2. The molecule has 0 saturated heterocycles. The molecule has 2 aromatic rings. The van der Waals surface area contributed by atoms with Crippen LogP contribution in [0.1, 0.15) is 13.8 Å². The minimum Gasteiger partial charge on any atom is -0.383 e. The van der Waals surface area contributed by atoms with E-state index in [9.17, 15) is 0 Å². The molecule has 78 valence electrons. The van der Waals surface area contributed by atoms with Gasteiger partial charge in [0.05, 0.1) is 0 Å². The summed E-state index contributed by atoms with van der Waals surface area (Å²) in [6.07, 6.45) is 0. The Morgan fingerprint density at radius 2 is 1.67 bits per heavy atom. The number of anilines is 1. The van der Waals surface area contributed by atoms with E-state index in [0.717, 1.165) is 4.47 Å². The Balaban J connectivity index is 2.43. The summed E-state index contributed by atoms with van der Waals surface area (Å²) in [6.45, 7) is 4.29. The Morgan fingerprint density at radius 3 is 2.40 bits per heavy atom. The summed E-state index contributed by atoms with van der Waals surface area (Å²) in [5, 5.41) is 5.93. The normalized spacial score (nSPS) is 10.9. The number of hydrogen-bond donors (Lipinski definition) is 1. The summed E-state index contributed by atoms with van der Waals surface area (Å²) in [6, 6.07) is 13.3. The highest BCUT2D eigenvalue weighted by atomic mass is 79.9. The predicted molar refractivity (Wildman–Crippen MR) is 70.4 cm³/mol. The average Bonchev–Trinajstić information content (AvgIpc) is 2.17. The summed E-state index contributed by atoms with van der Waals surface area (Å²) in [5.74, 6) is 0. The maximum absolute atomic E-state index is 3.48. The molecule has 2 heteroatoms. The SMILES string of the molecule is CC(C)Nc1ccc2cc(Br)ccc2c1. The van der Waals surface area contributed by atoms with E-state index in [2.05, 4.69) is 71.5 Å². The van der Waals surface area contributed by atoms with E-state index >= 15 is 0 Å². The number of fused-ring (bicyclic) bond motifs is 1. The van der Waals surface area contributed by atoms with Crippen molar-refractivity contribution >= 4 is 32.4 Å². The van der Waals surface area contributed by atoms with E-state index in [1.54, 1.807) is 0 Å². The maximum atomic E-state index is 3.48. The van der Waals surface area contributed by atoms with Gasteiger partial charge >= 0.3 is 0 Å². The lowest BCUT2D eigenvalue weighted by Crippen LogP contribution is -2.09. The lowest BCUT2D eigenvalue weighted by molar-refractivity contribution is 0.900. The van der Waals surface area contributed by atoms with Crippen LogP contribution < -0.4 is 5.32 Å². The Morgan fingerprint density at radius 1 is 1.00 bits per heavy atom. The second-order valence-electron chi connectivity index (χ2n) is 4.01. The molecule has 2 rings (SSSR count). The van der Waals surface area contributed by atoms with E-state index in [1.807, 2.05) is 0 Å². The molecule has 0 atom stereocenters. The van der Waals surface area contributed by atoms with Crippen LogP contribution in [-0.4, -0.2) is 6.04 Å². The molecule has 1 nitrogen and oxygen atoms in total. The molecule has 0 aliphatic heterocycles. The number of nitrogens with one attached hydrogen (secondary N) is 1. The van der Waals surface area contributed by atoms with E-state index in [0.29, 0.717) is 6.04 Å². The van der Waals surface area contributed by atoms with Gasteiger partial charge < -0.3 is 5.32 Å². The van der Waals surface area contributed by atoms with Gasteiger partial charge in [-0.2, -0.15) is 0 Å². The Labute approximate surface area is 98.6 Å². The third-order valence-electron chi connectivity index (χ3n) is 2.26. The molecule has 0 bridgehead atoms. The predicted octanol–water partition coefficient (Wildman–Crippen LogP) is 4.42. The largest absolute Gasteiger partial charge is 0.383 e. The van der Waals surface area contributed by atoms with Crippen molar-refractivity contribution in [3.63, 3.8) is 0 Å². The van der Waals surface area contributed by atoms with E-state index < -0.39 is 0 Å². The van der Waals surface area contributed by atoms with Gasteiger partial charge in [0.2, 0.25) is 0 Å².